The maximum absolute atomic E-state index is 13.3. The molecule has 0 atom stereocenters. The molecule has 1 heterocycles. The molecule has 24 heavy (non-hydrogen) atoms. The van der Waals surface area contributed by atoms with Crippen LogP contribution in [0, 0.1) is 0 Å². The summed E-state index contributed by atoms with van der Waals surface area (Å²) in [5.41, 5.74) is -2.61. The van der Waals surface area contributed by atoms with Crippen molar-refractivity contribution in [1.29, 1.82) is 0 Å². The molecule has 0 bridgehead atoms. The summed E-state index contributed by atoms with van der Waals surface area (Å²) < 4.78 is 76.5. The molecule has 0 aliphatic rings. The lowest BCUT2D eigenvalue weighted by molar-refractivity contribution is -0.143. The number of benzene rings is 1. The van der Waals surface area contributed by atoms with E-state index in [0.717, 1.165) is 0 Å². The minimum Gasteiger partial charge on any atom is -0.343 e. The van der Waals surface area contributed by atoms with Crippen LogP contribution in [0.15, 0.2) is 30.5 Å². The van der Waals surface area contributed by atoms with Gasteiger partial charge in [0.15, 0.2) is 5.69 Å². The summed E-state index contributed by atoms with van der Waals surface area (Å²) in [4.78, 5) is 11.7. The molecule has 4 nitrogen and oxygen atoms in total. The van der Waals surface area contributed by atoms with Gasteiger partial charge in [-0.25, -0.2) is 4.68 Å². The lowest BCUT2D eigenvalue weighted by Crippen LogP contribution is -2.34. The summed E-state index contributed by atoms with van der Waals surface area (Å²) in [6.45, 7) is -1.76. The van der Waals surface area contributed by atoms with Crippen LogP contribution in [0.3, 0.4) is 0 Å². The zero-order valence-electron chi connectivity index (χ0n) is 11.5. The molecule has 0 saturated heterocycles. The largest absolute Gasteiger partial charge is 0.434 e. The first-order chi connectivity index (χ1) is 11.0. The van der Waals surface area contributed by atoms with Crippen molar-refractivity contribution in [3.8, 4) is 5.69 Å². The molecule has 2 aromatic rings. The molecule has 0 fully saturated rings. The Labute approximate surface area is 136 Å². The molecule has 0 radical (unpaired) electrons. The quantitative estimate of drug-likeness (QED) is 0.833. The number of halogens is 7. The van der Waals surface area contributed by atoms with E-state index in [4.69, 9.17) is 11.6 Å². The zero-order chi connectivity index (χ0) is 18.1. The summed E-state index contributed by atoms with van der Waals surface area (Å²) in [7, 11) is 0. The molecule has 0 saturated carbocycles. The highest BCUT2D eigenvalue weighted by Crippen LogP contribution is 2.34. The van der Waals surface area contributed by atoms with Gasteiger partial charge in [-0.05, 0) is 18.2 Å². The van der Waals surface area contributed by atoms with Crippen molar-refractivity contribution >= 4 is 17.5 Å². The van der Waals surface area contributed by atoms with Crippen molar-refractivity contribution in [2.75, 3.05) is 6.54 Å². The smallest absolute Gasteiger partial charge is 0.343 e. The number of nitrogens with one attached hydrogen (secondary N) is 1. The zero-order valence-corrected chi connectivity index (χ0v) is 12.3. The third-order valence-corrected chi connectivity index (χ3v) is 3.02. The molecule has 11 heteroatoms. The maximum atomic E-state index is 13.3. The second-order valence-corrected chi connectivity index (χ2v) is 5.03. The van der Waals surface area contributed by atoms with Crippen LogP contribution in [0.1, 0.15) is 16.1 Å². The standard InChI is InChI=1S/C13H8ClF6N3O/c14-7-2-1-3-8(4-7)23-10(13(18,19)20)9(5-22-23)11(24)21-6-12(15,16)17/h1-5H,6H2,(H,21,24). The Morgan fingerprint density at radius 1 is 1.21 bits per heavy atom. The van der Waals surface area contributed by atoms with Crippen molar-refractivity contribution in [3.05, 3.63) is 46.7 Å². The van der Waals surface area contributed by atoms with Crippen LogP contribution < -0.4 is 5.32 Å². The Morgan fingerprint density at radius 2 is 1.88 bits per heavy atom. The first kappa shape index (κ1) is 18.1. The number of aromatic nitrogens is 2. The van der Waals surface area contributed by atoms with Gasteiger partial charge in [0, 0.05) is 5.02 Å². The van der Waals surface area contributed by atoms with Crippen LogP contribution in [-0.4, -0.2) is 28.4 Å². The number of amides is 1. The number of carbonyl (C=O) groups excluding carboxylic acids is 1. The second-order valence-electron chi connectivity index (χ2n) is 4.59. The second kappa shape index (κ2) is 6.34. The number of alkyl halides is 6. The van der Waals surface area contributed by atoms with Crippen molar-refractivity contribution in [3.63, 3.8) is 0 Å². The third kappa shape index (κ3) is 4.19. The normalized spacial score (nSPS) is 12.3. The van der Waals surface area contributed by atoms with Crippen molar-refractivity contribution in [2.24, 2.45) is 0 Å². The van der Waals surface area contributed by atoms with E-state index in [1.54, 1.807) is 0 Å². The molecular weight excluding hydrogens is 364 g/mol. The molecule has 0 aliphatic heterocycles. The van der Waals surface area contributed by atoms with Gasteiger partial charge in [-0.2, -0.15) is 31.4 Å². The SMILES string of the molecule is O=C(NCC(F)(F)F)c1cnn(-c2cccc(Cl)c2)c1C(F)(F)F. The number of nitrogens with zero attached hydrogens (tertiary/aromatic N) is 2. The maximum Gasteiger partial charge on any atom is 0.434 e. The van der Waals surface area contributed by atoms with Gasteiger partial charge in [-0.1, -0.05) is 17.7 Å². The number of carbonyl (C=O) groups is 1. The van der Waals surface area contributed by atoms with Gasteiger partial charge < -0.3 is 5.32 Å². The Hall–Kier alpha value is -2.23. The van der Waals surface area contributed by atoms with E-state index in [2.05, 4.69) is 5.10 Å². The van der Waals surface area contributed by atoms with E-state index >= 15 is 0 Å². The summed E-state index contributed by atoms with van der Waals surface area (Å²) in [6, 6.07) is 5.20. The predicted octanol–water partition coefficient (Wildman–Crippen LogP) is 3.84. The summed E-state index contributed by atoms with van der Waals surface area (Å²) >= 11 is 5.70. The summed E-state index contributed by atoms with van der Waals surface area (Å²) in [5.74, 6) is -1.53. The average Bonchev–Trinajstić information content (AvgIpc) is 2.89. The highest BCUT2D eigenvalue weighted by atomic mass is 35.5. The van der Waals surface area contributed by atoms with Crippen LogP contribution in [0.5, 0.6) is 0 Å². The van der Waals surface area contributed by atoms with E-state index < -0.39 is 36.1 Å². The lowest BCUT2D eigenvalue weighted by atomic mass is 10.2. The van der Waals surface area contributed by atoms with Gasteiger partial charge in [0.05, 0.1) is 17.4 Å². The first-order valence-corrected chi connectivity index (χ1v) is 6.63. The fraction of sp³-hybridized carbons (Fsp3) is 0.231. The summed E-state index contributed by atoms with van der Waals surface area (Å²) in [5, 5.41) is 4.96. The first-order valence-electron chi connectivity index (χ1n) is 6.25. The molecule has 0 spiro atoms. The highest BCUT2D eigenvalue weighted by molar-refractivity contribution is 6.30. The lowest BCUT2D eigenvalue weighted by Gasteiger charge is -2.13. The Bertz CT molecular complexity index is 753. The third-order valence-electron chi connectivity index (χ3n) is 2.78. The number of hydrogen-bond acceptors (Lipinski definition) is 2. The minimum absolute atomic E-state index is 0.0929. The Kier molecular flexibility index (Phi) is 4.79. The monoisotopic (exact) mass is 371 g/mol. The van der Waals surface area contributed by atoms with Gasteiger partial charge in [0.1, 0.15) is 6.54 Å². The molecule has 1 N–H and O–H groups in total. The van der Waals surface area contributed by atoms with E-state index in [-0.39, 0.29) is 10.7 Å². The molecule has 0 aliphatic carbocycles. The van der Waals surface area contributed by atoms with E-state index in [9.17, 15) is 31.1 Å². The van der Waals surface area contributed by atoms with Crippen LogP contribution in [0.2, 0.25) is 5.02 Å². The molecular formula is C13H8ClF6N3O. The Balaban J connectivity index is 2.46. The number of rotatable bonds is 3. The van der Waals surface area contributed by atoms with Gasteiger partial charge in [-0.3, -0.25) is 4.79 Å². The molecule has 1 amide bonds. The topological polar surface area (TPSA) is 46.9 Å². The van der Waals surface area contributed by atoms with Crippen LogP contribution in [0.25, 0.3) is 5.69 Å². The van der Waals surface area contributed by atoms with Crippen molar-refractivity contribution in [2.45, 2.75) is 12.4 Å². The van der Waals surface area contributed by atoms with Gasteiger partial charge in [0.2, 0.25) is 0 Å². The minimum atomic E-state index is -5.02. The van der Waals surface area contributed by atoms with Crippen LogP contribution in [0.4, 0.5) is 26.3 Å². The fourth-order valence-electron chi connectivity index (χ4n) is 1.87. The Morgan fingerprint density at radius 3 is 2.42 bits per heavy atom. The molecule has 0 unspecified atom stereocenters. The molecule has 2 rings (SSSR count). The van der Waals surface area contributed by atoms with E-state index in [1.165, 1.54) is 29.6 Å². The van der Waals surface area contributed by atoms with Gasteiger partial charge in [-0.15, -0.1) is 0 Å². The van der Waals surface area contributed by atoms with Crippen molar-refractivity contribution < 1.29 is 31.1 Å². The molecule has 130 valence electrons. The van der Waals surface area contributed by atoms with Gasteiger partial charge in [0.25, 0.3) is 5.91 Å². The fourth-order valence-corrected chi connectivity index (χ4v) is 2.05. The van der Waals surface area contributed by atoms with E-state index in [1.807, 2.05) is 0 Å². The molecule has 1 aromatic heterocycles. The van der Waals surface area contributed by atoms with Crippen LogP contribution >= 0.6 is 11.6 Å². The predicted molar refractivity (Wildman–Crippen MR) is 72.0 cm³/mol. The number of hydrogen-bond donors (Lipinski definition) is 1. The van der Waals surface area contributed by atoms with Crippen LogP contribution in [-0.2, 0) is 6.18 Å². The highest BCUT2D eigenvalue weighted by Gasteiger charge is 2.41. The summed E-state index contributed by atoms with van der Waals surface area (Å²) in [6.07, 6.45) is -9.23. The van der Waals surface area contributed by atoms with E-state index in [0.29, 0.717) is 10.9 Å². The molecule has 1 aromatic carbocycles. The van der Waals surface area contributed by atoms with Crippen molar-refractivity contribution in [1.82, 2.24) is 15.1 Å². The van der Waals surface area contributed by atoms with Gasteiger partial charge >= 0.3 is 12.4 Å². The average molecular weight is 372 g/mol.